The molecule has 0 N–H and O–H groups in total. The first-order valence-electron chi connectivity index (χ1n) is 7.38. The SMILES string of the molecule is Cc1cc2oc(=O)cc(CSc3nnnn3C)c2cc1C(C)C. The van der Waals surface area contributed by atoms with Gasteiger partial charge in [-0.05, 0) is 52.1 Å². The number of tetrazole rings is 1. The van der Waals surface area contributed by atoms with Crippen LogP contribution in [0.15, 0.2) is 32.6 Å². The van der Waals surface area contributed by atoms with Gasteiger partial charge < -0.3 is 4.42 Å². The fraction of sp³-hybridized carbons (Fsp3) is 0.375. The third-order valence-corrected chi connectivity index (χ3v) is 4.84. The van der Waals surface area contributed by atoms with E-state index in [1.807, 2.05) is 13.0 Å². The van der Waals surface area contributed by atoms with Gasteiger partial charge in [-0.25, -0.2) is 9.48 Å². The summed E-state index contributed by atoms with van der Waals surface area (Å²) in [4.78, 5) is 11.8. The van der Waals surface area contributed by atoms with Crippen molar-refractivity contribution >= 4 is 22.7 Å². The Kier molecular flexibility index (Phi) is 4.21. The number of aromatic nitrogens is 4. The van der Waals surface area contributed by atoms with Gasteiger partial charge in [0.25, 0.3) is 0 Å². The van der Waals surface area contributed by atoms with Crippen molar-refractivity contribution in [2.45, 2.75) is 37.6 Å². The average molecular weight is 330 g/mol. The summed E-state index contributed by atoms with van der Waals surface area (Å²) in [5.74, 6) is 1.02. The lowest BCUT2D eigenvalue weighted by Crippen LogP contribution is -2.02. The number of rotatable bonds is 4. The summed E-state index contributed by atoms with van der Waals surface area (Å²) in [6, 6.07) is 5.63. The summed E-state index contributed by atoms with van der Waals surface area (Å²) in [6.07, 6.45) is 0. The van der Waals surface area contributed by atoms with Crippen molar-refractivity contribution in [3.8, 4) is 0 Å². The van der Waals surface area contributed by atoms with Crippen molar-refractivity contribution in [3.63, 3.8) is 0 Å². The quantitative estimate of drug-likeness (QED) is 0.541. The number of aryl methyl sites for hydroxylation is 2. The van der Waals surface area contributed by atoms with Crippen LogP contribution in [0.3, 0.4) is 0 Å². The summed E-state index contributed by atoms with van der Waals surface area (Å²) in [6.45, 7) is 6.36. The minimum absolute atomic E-state index is 0.333. The molecule has 0 aliphatic carbocycles. The lowest BCUT2D eigenvalue weighted by molar-refractivity contribution is 0.559. The second-order valence-electron chi connectivity index (χ2n) is 5.82. The molecule has 0 aliphatic heterocycles. The van der Waals surface area contributed by atoms with Crippen molar-refractivity contribution in [3.05, 3.63) is 45.3 Å². The normalized spacial score (nSPS) is 11.5. The fourth-order valence-corrected chi connectivity index (χ4v) is 3.46. The highest BCUT2D eigenvalue weighted by atomic mass is 32.2. The number of benzene rings is 1. The molecule has 7 heteroatoms. The molecule has 3 aromatic rings. The Morgan fingerprint density at radius 3 is 2.74 bits per heavy atom. The molecule has 0 radical (unpaired) electrons. The van der Waals surface area contributed by atoms with Gasteiger partial charge in [0.2, 0.25) is 5.16 Å². The maximum atomic E-state index is 11.8. The number of thioether (sulfide) groups is 1. The van der Waals surface area contributed by atoms with Crippen molar-refractivity contribution in [1.29, 1.82) is 0 Å². The van der Waals surface area contributed by atoms with Crippen LogP contribution in [-0.4, -0.2) is 20.2 Å². The summed E-state index contributed by atoms with van der Waals surface area (Å²) in [5.41, 5.74) is 3.63. The van der Waals surface area contributed by atoms with Crippen molar-refractivity contribution < 1.29 is 4.42 Å². The van der Waals surface area contributed by atoms with Crippen LogP contribution in [0.1, 0.15) is 36.5 Å². The molecular formula is C16H18N4O2S. The zero-order valence-corrected chi connectivity index (χ0v) is 14.3. The van der Waals surface area contributed by atoms with Gasteiger partial charge in [-0.1, -0.05) is 25.6 Å². The Hall–Kier alpha value is -2.15. The van der Waals surface area contributed by atoms with Crippen LogP contribution >= 0.6 is 11.8 Å². The lowest BCUT2D eigenvalue weighted by atomic mass is 9.95. The van der Waals surface area contributed by atoms with E-state index in [2.05, 4.69) is 35.4 Å². The molecule has 0 bridgehead atoms. The smallest absolute Gasteiger partial charge is 0.336 e. The zero-order valence-electron chi connectivity index (χ0n) is 13.5. The van der Waals surface area contributed by atoms with Crippen LogP contribution < -0.4 is 5.63 Å². The second kappa shape index (κ2) is 6.16. The third-order valence-electron chi connectivity index (χ3n) is 3.78. The molecule has 0 saturated heterocycles. The molecule has 120 valence electrons. The van der Waals surface area contributed by atoms with Gasteiger partial charge in [0, 0.05) is 24.3 Å². The van der Waals surface area contributed by atoms with Gasteiger partial charge in [-0.3, -0.25) is 0 Å². The molecule has 6 nitrogen and oxygen atoms in total. The Bertz CT molecular complexity index is 914. The van der Waals surface area contributed by atoms with Gasteiger partial charge in [0.15, 0.2) is 0 Å². The molecule has 2 aromatic heterocycles. The van der Waals surface area contributed by atoms with Crippen LogP contribution in [0.25, 0.3) is 11.0 Å². The van der Waals surface area contributed by atoms with Crippen molar-refractivity contribution in [2.75, 3.05) is 0 Å². The number of hydrogen-bond acceptors (Lipinski definition) is 6. The van der Waals surface area contributed by atoms with E-state index in [1.165, 1.54) is 17.3 Å². The molecule has 2 heterocycles. The van der Waals surface area contributed by atoms with Crippen LogP contribution in [-0.2, 0) is 12.8 Å². The van der Waals surface area contributed by atoms with Gasteiger partial charge in [-0.15, -0.1) is 5.10 Å². The number of fused-ring (bicyclic) bond motifs is 1. The predicted octanol–water partition coefficient (Wildman–Crippen LogP) is 3.04. The minimum Gasteiger partial charge on any atom is -0.423 e. The molecule has 0 amide bonds. The fourth-order valence-electron chi connectivity index (χ4n) is 2.62. The molecule has 0 unspecified atom stereocenters. The Balaban J connectivity index is 2.06. The molecule has 0 aliphatic rings. The maximum Gasteiger partial charge on any atom is 0.336 e. The summed E-state index contributed by atoms with van der Waals surface area (Å²) in [5, 5.41) is 13.1. The lowest BCUT2D eigenvalue weighted by Gasteiger charge is -2.12. The molecule has 0 saturated carbocycles. The van der Waals surface area contributed by atoms with Crippen LogP contribution in [0.2, 0.25) is 0 Å². The van der Waals surface area contributed by atoms with Gasteiger partial charge >= 0.3 is 5.63 Å². The van der Waals surface area contributed by atoms with Crippen LogP contribution in [0, 0.1) is 6.92 Å². The first-order valence-corrected chi connectivity index (χ1v) is 8.36. The summed E-state index contributed by atoms with van der Waals surface area (Å²) < 4.78 is 6.98. The molecular weight excluding hydrogens is 312 g/mol. The standard InChI is InChI=1S/C16H18N4O2S/c1-9(2)12-7-13-11(8-23-16-17-18-19-20(16)4)6-15(21)22-14(13)5-10(12)3/h5-7,9H,8H2,1-4H3. The van der Waals surface area contributed by atoms with E-state index in [4.69, 9.17) is 4.42 Å². The number of nitrogens with zero attached hydrogens (tertiary/aromatic N) is 4. The molecule has 1 aromatic carbocycles. The largest absolute Gasteiger partial charge is 0.423 e. The second-order valence-corrected chi connectivity index (χ2v) is 6.77. The van der Waals surface area contributed by atoms with E-state index >= 15 is 0 Å². The van der Waals surface area contributed by atoms with Crippen LogP contribution in [0.5, 0.6) is 0 Å². The third kappa shape index (κ3) is 3.14. The zero-order chi connectivity index (χ0) is 16.6. The highest BCUT2D eigenvalue weighted by molar-refractivity contribution is 7.98. The molecule has 3 rings (SSSR count). The Morgan fingerprint density at radius 1 is 1.30 bits per heavy atom. The first kappa shape index (κ1) is 15.7. The van der Waals surface area contributed by atoms with Crippen LogP contribution in [0.4, 0.5) is 0 Å². The van der Waals surface area contributed by atoms with Crippen molar-refractivity contribution in [2.24, 2.45) is 7.05 Å². The maximum absolute atomic E-state index is 11.8. The topological polar surface area (TPSA) is 73.8 Å². The molecule has 23 heavy (non-hydrogen) atoms. The van der Waals surface area contributed by atoms with E-state index in [-0.39, 0.29) is 5.63 Å². The summed E-state index contributed by atoms with van der Waals surface area (Å²) in [7, 11) is 1.79. The molecule has 0 spiro atoms. The Labute approximate surface area is 137 Å². The van der Waals surface area contributed by atoms with E-state index in [0.29, 0.717) is 22.4 Å². The van der Waals surface area contributed by atoms with E-state index < -0.39 is 0 Å². The van der Waals surface area contributed by atoms with Gasteiger partial charge in [0.1, 0.15) is 5.58 Å². The number of hydrogen-bond donors (Lipinski definition) is 0. The van der Waals surface area contributed by atoms with E-state index in [9.17, 15) is 4.79 Å². The van der Waals surface area contributed by atoms with Gasteiger partial charge in [0.05, 0.1) is 0 Å². The van der Waals surface area contributed by atoms with E-state index in [0.717, 1.165) is 16.5 Å². The molecule has 0 fully saturated rings. The Morgan fingerprint density at radius 2 is 2.09 bits per heavy atom. The summed E-state index contributed by atoms with van der Waals surface area (Å²) >= 11 is 1.50. The highest BCUT2D eigenvalue weighted by Crippen LogP contribution is 2.29. The average Bonchev–Trinajstić information content (AvgIpc) is 2.88. The molecule has 0 atom stereocenters. The van der Waals surface area contributed by atoms with Gasteiger partial charge in [-0.2, -0.15) is 0 Å². The minimum atomic E-state index is -0.333. The highest BCUT2D eigenvalue weighted by Gasteiger charge is 2.12. The van der Waals surface area contributed by atoms with Crippen molar-refractivity contribution in [1.82, 2.24) is 20.2 Å². The van der Waals surface area contributed by atoms with E-state index in [1.54, 1.807) is 17.8 Å². The monoisotopic (exact) mass is 330 g/mol. The predicted molar refractivity (Wildman–Crippen MR) is 89.7 cm³/mol. The first-order chi connectivity index (χ1) is 11.0.